The quantitative estimate of drug-likeness (QED) is 0.484. The highest BCUT2D eigenvalue weighted by molar-refractivity contribution is 6.31. The molecule has 1 aliphatic carbocycles. The second-order valence-corrected chi connectivity index (χ2v) is 9.10. The second-order valence-electron chi connectivity index (χ2n) is 8.69. The van der Waals surface area contributed by atoms with E-state index in [4.69, 9.17) is 16.6 Å². The van der Waals surface area contributed by atoms with Gasteiger partial charge in [-0.25, -0.2) is 9.97 Å². The van der Waals surface area contributed by atoms with Gasteiger partial charge < -0.3 is 16.0 Å². The molecule has 5 rings (SSSR count). The van der Waals surface area contributed by atoms with Crippen LogP contribution in [0.1, 0.15) is 44.2 Å². The summed E-state index contributed by atoms with van der Waals surface area (Å²) in [6.07, 6.45) is 1.09. The van der Waals surface area contributed by atoms with E-state index in [2.05, 4.69) is 32.8 Å². The molecule has 0 amide bonds. The van der Waals surface area contributed by atoms with Gasteiger partial charge >= 0.3 is 6.18 Å². The Hall–Kier alpha value is -2.59. The van der Waals surface area contributed by atoms with Gasteiger partial charge in [0.1, 0.15) is 5.52 Å². The van der Waals surface area contributed by atoms with Crippen LogP contribution in [-0.2, 0) is 6.18 Å². The normalized spacial score (nSPS) is 18.7. The van der Waals surface area contributed by atoms with Crippen LogP contribution in [0.2, 0.25) is 5.02 Å². The van der Waals surface area contributed by atoms with Crippen molar-refractivity contribution in [1.82, 2.24) is 24.8 Å². The summed E-state index contributed by atoms with van der Waals surface area (Å²) in [5, 5.41) is 9.52. The largest absolute Gasteiger partial charge is 0.417 e. The van der Waals surface area contributed by atoms with Crippen molar-refractivity contribution in [3.63, 3.8) is 0 Å². The highest BCUT2D eigenvalue weighted by Gasteiger charge is 2.38. The number of fused-ring (bicyclic) bond motifs is 1. The fourth-order valence-corrected chi connectivity index (χ4v) is 4.27. The average molecular weight is 466 g/mol. The van der Waals surface area contributed by atoms with Crippen LogP contribution in [0.25, 0.3) is 11.2 Å². The first-order valence-electron chi connectivity index (χ1n) is 10.6. The van der Waals surface area contributed by atoms with Crippen LogP contribution in [0, 0.1) is 0 Å². The number of halogens is 4. The van der Waals surface area contributed by atoms with Gasteiger partial charge in [0.05, 0.1) is 16.8 Å². The zero-order chi connectivity index (χ0) is 22.5. The molecule has 1 aromatic carbocycles. The van der Waals surface area contributed by atoms with E-state index in [-0.39, 0.29) is 16.6 Å². The maximum atomic E-state index is 13.1. The van der Waals surface area contributed by atoms with Crippen molar-refractivity contribution in [3.05, 3.63) is 35.0 Å². The van der Waals surface area contributed by atoms with Crippen LogP contribution in [0.3, 0.4) is 0 Å². The smallest absolute Gasteiger partial charge is 0.349 e. The van der Waals surface area contributed by atoms with Gasteiger partial charge in [-0.05, 0) is 63.9 Å². The Labute approximate surface area is 187 Å². The van der Waals surface area contributed by atoms with Crippen molar-refractivity contribution < 1.29 is 13.2 Å². The second kappa shape index (κ2) is 7.77. The minimum absolute atomic E-state index is 0.0331. The number of nitrogens with zero attached hydrogens (tertiary/aromatic N) is 4. The SMILES string of the molecule is CC1(Nc2ncc3nc(Nc4ccc(C(F)(F)F)c(Cl)c4)n(C4CCNCC4)c3n2)CC1. The molecule has 3 heterocycles. The summed E-state index contributed by atoms with van der Waals surface area (Å²) in [4.78, 5) is 13.8. The summed E-state index contributed by atoms with van der Waals surface area (Å²) in [6.45, 7) is 3.86. The lowest BCUT2D eigenvalue weighted by Gasteiger charge is -2.26. The molecule has 1 saturated carbocycles. The van der Waals surface area contributed by atoms with Crippen molar-refractivity contribution in [3.8, 4) is 0 Å². The van der Waals surface area contributed by atoms with Gasteiger partial charge in [-0.15, -0.1) is 0 Å². The molecule has 3 N–H and O–H groups in total. The summed E-state index contributed by atoms with van der Waals surface area (Å²) in [5.41, 5.74) is 0.900. The number of rotatable bonds is 5. The maximum absolute atomic E-state index is 13.1. The first kappa shape index (κ1) is 21.3. The zero-order valence-corrected chi connectivity index (χ0v) is 18.2. The van der Waals surface area contributed by atoms with Crippen molar-refractivity contribution in [2.75, 3.05) is 23.7 Å². The third-order valence-corrected chi connectivity index (χ3v) is 6.36. The van der Waals surface area contributed by atoms with E-state index >= 15 is 0 Å². The van der Waals surface area contributed by atoms with Crippen molar-refractivity contribution in [1.29, 1.82) is 0 Å². The van der Waals surface area contributed by atoms with E-state index in [1.807, 2.05) is 4.57 Å². The van der Waals surface area contributed by atoms with Crippen molar-refractivity contribution in [2.24, 2.45) is 0 Å². The molecule has 0 radical (unpaired) electrons. The minimum Gasteiger partial charge on any atom is -0.349 e. The molecule has 0 unspecified atom stereocenters. The molecular weight excluding hydrogens is 443 g/mol. The molecule has 11 heteroatoms. The van der Waals surface area contributed by atoms with Crippen molar-refractivity contribution >= 4 is 40.3 Å². The summed E-state index contributed by atoms with van der Waals surface area (Å²) in [7, 11) is 0. The third-order valence-electron chi connectivity index (χ3n) is 6.05. The molecule has 1 aliphatic heterocycles. The van der Waals surface area contributed by atoms with Crippen LogP contribution in [0.5, 0.6) is 0 Å². The van der Waals surface area contributed by atoms with Crippen LogP contribution in [0.15, 0.2) is 24.4 Å². The number of hydrogen-bond donors (Lipinski definition) is 3. The number of aromatic nitrogens is 4. The number of alkyl halides is 3. The lowest BCUT2D eigenvalue weighted by atomic mass is 10.1. The van der Waals surface area contributed by atoms with Gasteiger partial charge in [0.15, 0.2) is 5.65 Å². The topological polar surface area (TPSA) is 79.7 Å². The van der Waals surface area contributed by atoms with Crippen molar-refractivity contribution in [2.45, 2.75) is 50.4 Å². The molecule has 32 heavy (non-hydrogen) atoms. The number of benzene rings is 1. The van der Waals surface area contributed by atoms with Crippen LogP contribution in [0.4, 0.5) is 30.8 Å². The molecule has 0 atom stereocenters. The van der Waals surface area contributed by atoms with E-state index in [1.165, 1.54) is 12.1 Å². The molecule has 0 spiro atoms. The molecule has 7 nitrogen and oxygen atoms in total. The van der Waals surface area contributed by atoms with Gasteiger partial charge in [-0.1, -0.05) is 11.6 Å². The average Bonchev–Trinajstić information content (AvgIpc) is 3.35. The summed E-state index contributed by atoms with van der Waals surface area (Å²) in [5.74, 6) is 1.06. The lowest BCUT2D eigenvalue weighted by molar-refractivity contribution is -0.137. The Balaban J connectivity index is 1.53. The summed E-state index contributed by atoms with van der Waals surface area (Å²) < 4.78 is 41.2. The fraction of sp³-hybridized carbons (Fsp3) is 0.476. The first-order valence-corrected chi connectivity index (χ1v) is 11.0. The Bertz CT molecular complexity index is 1150. The van der Waals surface area contributed by atoms with E-state index in [1.54, 1.807) is 6.20 Å². The molecule has 2 aromatic heterocycles. The number of anilines is 3. The van der Waals surface area contributed by atoms with E-state index in [0.717, 1.165) is 44.8 Å². The molecule has 2 fully saturated rings. The predicted octanol–water partition coefficient (Wildman–Crippen LogP) is 5.13. The third kappa shape index (κ3) is 4.21. The summed E-state index contributed by atoms with van der Waals surface area (Å²) in [6, 6.07) is 3.74. The molecular formula is C21H23ClF3N7. The Morgan fingerprint density at radius 1 is 1.19 bits per heavy atom. The molecule has 3 aromatic rings. The number of nitrogens with one attached hydrogen (secondary N) is 3. The van der Waals surface area contributed by atoms with Gasteiger partial charge in [-0.3, -0.25) is 4.57 Å². The lowest BCUT2D eigenvalue weighted by Crippen LogP contribution is -2.30. The monoisotopic (exact) mass is 465 g/mol. The molecule has 0 bridgehead atoms. The number of piperidine rings is 1. The highest BCUT2D eigenvalue weighted by atomic mass is 35.5. The molecule has 170 valence electrons. The van der Waals surface area contributed by atoms with E-state index in [0.29, 0.717) is 28.7 Å². The van der Waals surface area contributed by atoms with Crippen LogP contribution >= 0.6 is 11.6 Å². The van der Waals surface area contributed by atoms with Gasteiger partial charge in [0.25, 0.3) is 0 Å². The Morgan fingerprint density at radius 2 is 1.94 bits per heavy atom. The molecule has 2 aliphatic rings. The fourth-order valence-electron chi connectivity index (χ4n) is 3.98. The predicted molar refractivity (Wildman–Crippen MR) is 117 cm³/mol. The van der Waals surface area contributed by atoms with Crippen LogP contribution < -0.4 is 16.0 Å². The Kier molecular flexibility index (Phi) is 5.16. The number of hydrogen-bond acceptors (Lipinski definition) is 6. The van der Waals surface area contributed by atoms with Gasteiger partial charge in [-0.2, -0.15) is 18.2 Å². The highest BCUT2D eigenvalue weighted by Crippen LogP contribution is 2.39. The van der Waals surface area contributed by atoms with Crippen LogP contribution in [-0.4, -0.2) is 38.1 Å². The van der Waals surface area contributed by atoms with Gasteiger partial charge in [0.2, 0.25) is 11.9 Å². The van der Waals surface area contributed by atoms with E-state index in [9.17, 15) is 13.2 Å². The minimum atomic E-state index is -4.50. The first-order chi connectivity index (χ1) is 15.2. The summed E-state index contributed by atoms with van der Waals surface area (Å²) >= 11 is 5.91. The Morgan fingerprint density at radius 3 is 2.59 bits per heavy atom. The maximum Gasteiger partial charge on any atom is 0.417 e. The zero-order valence-electron chi connectivity index (χ0n) is 17.4. The van der Waals surface area contributed by atoms with E-state index < -0.39 is 11.7 Å². The number of imidazole rings is 1. The van der Waals surface area contributed by atoms with Gasteiger partial charge in [0, 0.05) is 17.3 Å². The standard InChI is InChI=1S/C21H23ClF3N7/c1-20(6-7-20)31-18-27-11-16-17(30-18)32(13-4-8-26-9-5-13)19(29-16)28-12-2-3-14(15(22)10-12)21(23,24)25/h2-3,10-11,13,26H,4-9H2,1H3,(H,28,29)(H,27,30,31). The molecule has 1 saturated heterocycles.